The largest absolute Gasteiger partial charge is 0.421 e. The monoisotopic (exact) mass is 217 g/mol. The van der Waals surface area contributed by atoms with E-state index in [1.54, 1.807) is 0 Å². The molecule has 1 aromatic heterocycles. The third-order valence-electron chi connectivity index (χ3n) is 2.90. The van der Waals surface area contributed by atoms with Crippen LogP contribution in [0.4, 0.5) is 5.69 Å². The van der Waals surface area contributed by atoms with Crippen molar-refractivity contribution in [1.29, 1.82) is 0 Å². The second-order valence-corrected chi connectivity index (χ2v) is 3.78. The van der Waals surface area contributed by atoms with Crippen molar-refractivity contribution < 1.29 is 4.42 Å². The molecular weight excluding hydrogens is 202 g/mol. The molecule has 0 unspecified atom stereocenters. The van der Waals surface area contributed by atoms with Crippen LogP contribution in [0.1, 0.15) is 25.0 Å². The number of nitrogen functional groups attached to an aromatic ring is 1. The Bertz CT molecular complexity index is 584. The molecule has 0 saturated heterocycles. The molecular formula is C13H15NO2. The zero-order valence-corrected chi connectivity index (χ0v) is 9.54. The Morgan fingerprint density at radius 1 is 1.25 bits per heavy atom. The van der Waals surface area contributed by atoms with Crippen molar-refractivity contribution >= 4 is 16.7 Å². The molecule has 0 aliphatic heterocycles. The van der Waals surface area contributed by atoms with Gasteiger partial charge in [-0.15, -0.1) is 0 Å². The molecule has 2 aromatic rings. The lowest BCUT2D eigenvalue weighted by Gasteiger charge is -2.09. The Morgan fingerprint density at radius 2 is 2.00 bits per heavy atom. The minimum Gasteiger partial charge on any atom is -0.421 e. The zero-order chi connectivity index (χ0) is 11.7. The van der Waals surface area contributed by atoms with Crippen molar-refractivity contribution in [2.45, 2.75) is 26.7 Å². The molecule has 0 radical (unpaired) electrons. The number of nitrogens with two attached hydrogens (primary N) is 1. The highest BCUT2D eigenvalue weighted by Gasteiger charge is 2.12. The fourth-order valence-corrected chi connectivity index (χ4v) is 2.08. The maximum absolute atomic E-state index is 11.5. The average molecular weight is 217 g/mol. The first-order valence-electron chi connectivity index (χ1n) is 5.52. The molecule has 2 rings (SSSR count). The molecule has 84 valence electrons. The third kappa shape index (κ3) is 1.48. The van der Waals surface area contributed by atoms with Crippen LogP contribution in [-0.2, 0) is 12.8 Å². The highest BCUT2D eigenvalue weighted by atomic mass is 16.4. The van der Waals surface area contributed by atoms with Gasteiger partial charge < -0.3 is 10.2 Å². The van der Waals surface area contributed by atoms with Crippen LogP contribution >= 0.6 is 0 Å². The van der Waals surface area contributed by atoms with Gasteiger partial charge in [0.15, 0.2) is 0 Å². The van der Waals surface area contributed by atoms with Gasteiger partial charge in [-0.2, -0.15) is 0 Å². The van der Waals surface area contributed by atoms with Crippen molar-refractivity contribution in [3.8, 4) is 0 Å². The Balaban J connectivity index is 2.98. The molecule has 1 heterocycles. The van der Waals surface area contributed by atoms with Gasteiger partial charge in [0, 0.05) is 5.39 Å². The molecule has 0 fully saturated rings. The van der Waals surface area contributed by atoms with Crippen LogP contribution in [0.2, 0.25) is 0 Å². The van der Waals surface area contributed by atoms with Gasteiger partial charge in [-0.1, -0.05) is 26.0 Å². The molecule has 0 saturated carbocycles. The molecule has 16 heavy (non-hydrogen) atoms. The summed E-state index contributed by atoms with van der Waals surface area (Å²) in [4.78, 5) is 11.5. The van der Waals surface area contributed by atoms with Crippen LogP contribution in [0.5, 0.6) is 0 Å². The third-order valence-corrected chi connectivity index (χ3v) is 2.90. The molecule has 0 atom stereocenters. The van der Waals surface area contributed by atoms with Crippen LogP contribution in [0, 0.1) is 0 Å². The molecule has 0 bridgehead atoms. The lowest BCUT2D eigenvalue weighted by atomic mass is 9.99. The predicted molar refractivity (Wildman–Crippen MR) is 65.7 cm³/mol. The van der Waals surface area contributed by atoms with Crippen molar-refractivity contribution in [2.24, 2.45) is 0 Å². The first-order chi connectivity index (χ1) is 7.69. The van der Waals surface area contributed by atoms with Crippen LogP contribution < -0.4 is 11.4 Å². The molecule has 0 aliphatic rings. The summed E-state index contributed by atoms with van der Waals surface area (Å²) in [6.45, 7) is 4.08. The standard InChI is InChI=1S/C13H15NO2/c1-3-8-6-5-7-10-11(8)9(4-2)12(14)13(15)16-10/h5-7H,3-4,14H2,1-2H3. The van der Waals surface area contributed by atoms with E-state index in [0.717, 1.165) is 23.8 Å². The first kappa shape index (κ1) is 10.7. The Hall–Kier alpha value is -1.77. The highest BCUT2D eigenvalue weighted by molar-refractivity contribution is 5.87. The van der Waals surface area contributed by atoms with Gasteiger partial charge in [0.25, 0.3) is 0 Å². The summed E-state index contributed by atoms with van der Waals surface area (Å²) in [6.07, 6.45) is 1.64. The molecule has 3 nitrogen and oxygen atoms in total. The van der Waals surface area contributed by atoms with E-state index in [1.807, 2.05) is 25.1 Å². The smallest absolute Gasteiger partial charge is 0.359 e. The summed E-state index contributed by atoms with van der Waals surface area (Å²) >= 11 is 0. The summed E-state index contributed by atoms with van der Waals surface area (Å²) in [6, 6.07) is 5.76. The summed E-state index contributed by atoms with van der Waals surface area (Å²) in [5, 5.41) is 1.00. The van der Waals surface area contributed by atoms with Crippen LogP contribution in [-0.4, -0.2) is 0 Å². The number of benzene rings is 1. The Labute approximate surface area is 93.9 Å². The molecule has 0 aliphatic carbocycles. The second-order valence-electron chi connectivity index (χ2n) is 3.78. The number of hydrogen-bond donors (Lipinski definition) is 1. The topological polar surface area (TPSA) is 56.2 Å². The van der Waals surface area contributed by atoms with E-state index in [-0.39, 0.29) is 5.69 Å². The van der Waals surface area contributed by atoms with Crippen molar-refractivity contribution in [1.82, 2.24) is 0 Å². The van der Waals surface area contributed by atoms with E-state index in [1.165, 1.54) is 5.56 Å². The Morgan fingerprint density at radius 3 is 2.62 bits per heavy atom. The van der Waals surface area contributed by atoms with Crippen molar-refractivity contribution in [3.05, 3.63) is 39.7 Å². The van der Waals surface area contributed by atoms with Crippen LogP contribution in [0.15, 0.2) is 27.4 Å². The minimum absolute atomic E-state index is 0.246. The molecule has 0 spiro atoms. The van der Waals surface area contributed by atoms with Crippen molar-refractivity contribution in [3.63, 3.8) is 0 Å². The maximum atomic E-state index is 11.5. The quantitative estimate of drug-likeness (QED) is 0.786. The van der Waals surface area contributed by atoms with E-state index >= 15 is 0 Å². The lowest BCUT2D eigenvalue weighted by molar-refractivity contribution is 0.562. The van der Waals surface area contributed by atoms with Crippen LogP contribution in [0.25, 0.3) is 11.0 Å². The van der Waals surface area contributed by atoms with E-state index in [4.69, 9.17) is 10.2 Å². The second kappa shape index (κ2) is 4.00. The number of anilines is 1. The number of rotatable bonds is 2. The number of hydrogen-bond acceptors (Lipinski definition) is 3. The highest BCUT2D eigenvalue weighted by Crippen LogP contribution is 2.25. The van der Waals surface area contributed by atoms with E-state index in [2.05, 4.69) is 6.92 Å². The zero-order valence-electron chi connectivity index (χ0n) is 9.54. The summed E-state index contributed by atoms with van der Waals surface area (Å²) < 4.78 is 5.20. The average Bonchev–Trinajstić information content (AvgIpc) is 2.30. The summed E-state index contributed by atoms with van der Waals surface area (Å²) in [5.41, 5.74) is 8.30. The summed E-state index contributed by atoms with van der Waals surface area (Å²) in [7, 11) is 0. The van der Waals surface area contributed by atoms with Gasteiger partial charge in [-0.05, 0) is 30.0 Å². The van der Waals surface area contributed by atoms with E-state index in [9.17, 15) is 4.79 Å². The predicted octanol–water partition coefficient (Wildman–Crippen LogP) is 2.50. The SMILES string of the molecule is CCc1cccc2oc(=O)c(N)c(CC)c12. The van der Waals surface area contributed by atoms with Gasteiger partial charge in [0.1, 0.15) is 11.3 Å². The first-order valence-corrected chi connectivity index (χ1v) is 5.52. The van der Waals surface area contributed by atoms with Gasteiger partial charge in [0.05, 0.1) is 0 Å². The van der Waals surface area contributed by atoms with Gasteiger partial charge in [-0.3, -0.25) is 0 Å². The molecule has 1 aromatic carbocycles. The fourth-order valence-electron chi connectivity index (χ4n) is 2.08. The maximum Gasteiger partial charge on any atom is 0.359 e. The van der Waals surface area contributed by atoms with Gasteiger partial charge in [-0.25, -0.2) is 4.79 Å². The van der Waals surface area contributed by atoms with Crippen molar-refractivity contribution in [2.75, 3.05) is 5.73 Å². The van der Waals surface area contributed by atoms with Crippen LogP contribution in [0.3, 0.4) is 0 Å². The fraction of sp³-hybridized carbons (Fsp3) is 0.308. The minimum atomic E-state index is -0.433. The Kier molecular flexibility index (Phi) is 2.69. The molecule has 0 amide bonds. The number of fused-ring (bicyclic) bond motifs is 1. The van der Waals surface area contributed by atoms with E-state index < -0.39 is 5.63 Å². The van der Waals surface area contributed by atoms with Gasteiger partial charge in [0.2, 0.25) is 0 Å². The summed E-state index contributed by atoms with van der Waals surface area (Å²) in [5.74, 6) is 0. The molecule has 2 N–H and O–H groups in total. The normalized spacial score (nSPS) is 10.9. The number of aryl methyl sites for hydroxylation is 2. The van der Waals surface area contributed by atoms with E-state index in [0.29, 0.717) is 5.58 Å². The van der Waals surface area contributed by atoms with Gasteiger partial charge >= 0.3 is 5.63 Å². The molecule has 3 heteroatoms. The lowest BCUT2D eigenvalue weighted by Crippen LogP contribution is -2.11.